The fourth-order valence-electron chi connectivity index (χ4n) is 5.14. The summed E-state index contributed by atoms with van der Waals surface area (Å²) in [5.74, 6) is 0.0990. The van der Waals surface area contributed by atoms with Gasteiger partial charge in [-0.25, -0.2) is 4.79 Å². The Balaban J connectivity index is 1.85. The van der Waals surface area contributed by atoms with Crippen molar-refractivity contribution in [3.63, 3.8) is 0 Å². The highest BCUT2D eigenvalue weighted by atomic mass is 16.5. The maximum Gasteiger partial charge on any atom is 0.355 e. The molecule has 0 unspecified atom stereocenters. The van der Waals surface area contributed by atoms with Crippen molar-refractivity contribution in [3.05, 3.63) is 83.6 Å². The Hall–Kier alpha value is -4.10. The fourth-order valence-corrected chi connectivity index (χ4v) is 5.14. The predicted octanol–water partition coefficient (Wildman–Crippen LogP) is 7.60. The van der Waals surface area contributed by atoms with E-state index < -0.39 is 5.97 Å². The van der Waals surface area contributed by atoms with Crippen molar-refractivity contribution in [3.8, 4) is 22.6 Å². The van der Waals surface area contributed by atoms with Crippen LogP contribution in [0.5, 0.6) is 5.75 Å². The van der Waals surface area contributed by atoms with Crippen molar-refractivity contribution < 1.29 is 23.8 Å². The van der Waals surface area contributed by atoms with Gasteiger partial charge in [-0.05, 0) is 86.2 Å². The molecular weight excluding hydrogens is 540 g/mol. The van der Waals surface area contributed by atoms with Gasteiger partial charge in [-0.1, -0.05) is 51.1 Å². The normalized spacial score (nSPS) is 11.6. The molecule has 0 aliphatic carbocycles. The van der Waals surface area contributed by atoms with Crippen LogP contribution >= 0.6 is 0 Å². The summed E-state index contributed by atoms with van der Waals surface area (Å²) in [4.78, 5) is 25.5. The number of carbonyl (C=O) groups excluding carboxylic acids is 2. The van der Waals surface area contributed by atoms with E-state index in [0.29, 0.717) is 25.4 Å². The monoisotopic (exact) mass is 584 g/mol. The number of fused-ring (bicyclic) bond motifs is 1. The molecule has 0 radical (unpaired) electrons. The largest absolute Gasteiger partial charge is 0.491 e. The molecule has 4 aromatic rings. The second-order valence-corrected chi connectivity index (χ2v) is 11.8. The first-order valence-electron chi connectivity index (χ1n) is 15.1. The van der Waals surface area contributed by atoms with Gasteiger partial charge in [-0.3, -0.25) is 4.79 Å². The lowest BCUT2D eigenvalue weighted by Gasteiger charge is -2.19. The van der Waals surface area contributed by atoms with Crippen molar-refractivity contribution in [2.75, 3.05) is 19.8 Å². The molecule has 7 heteroatoms. The molecular formula is C36H44N2O5. The Labute approximate surface area is 255 Å². The van der Waals surface area contributed by atoms with Gasteiger partial charge in [0, 0.05) is 29.7 Å². The summed E-state index contributed by atoms with van der Waals surface area (Å²) in [6.07, 6.45) is 0.292. The first kappa shape index (κ1) is 31.8. The molecule has 0 saturated carbocycles. The Kier molecular flexibility index (Phi) is 10.3. The van der Waals surface area contributed by atoms with Crippen LogP contribution in [0, 0.1) is 0 Å². The van der Waals surface area contributed by atoms with Gasteiger partial charge in [0.05, 0.1) is 31.3 Å². The number of nitrogens with one attached hydrogen (secondary N) is 1. The quantitative estimate of drug-likeness (QED) is 0.136. The van der Waals surface area contributed by atoms with Crippen molar-refractivity contribution >= 4 is 22.8 Å². The van der Waals surface area contributed by atoms with Crippen LogP contribution in [0.15, 0.2) is 66.7 Å². The van der Waals surface area contributed by atoms with Crippen LogP contribution in [0.3, 0.4) is 0 Å². The van der Waals surface area contributed by atoms with Gasteiger partial charge < -0.3 is 24.1 Å². The van der Waals surface area contributed by atoms with Crippen LogP contribution in [0.25, 0.3) is 27.7 Å². The van der Waals surface area contributed by atoms with E-state index in [1.807, 2.05) is 42.7 Å². The molecule has 0 atom stereocenters. The Morgan fingerprint density at radius 1 is 0.860 bits per heavy atom. The number of rotatable bonds is 12. The van der Waals surface area contributed by atoms with Crippen LogP contribution in [-0.2, 0) is 26.2 Å². The molecule has 0 amide bonds. The van der Waals surface area contributed by atoms with E-state index in [1.54, 1.807) is 13.8 Å². The predicted molar refractivity (Wildman–Crippen MR) is 172 cm³/mol. The molecule has 0 spiro atoms. The van der Waals surface area contributed by atoms with Crippen LogP contribution in [0.4, 0.5) is 0 Å². The summed E-state index contributed by atoms with van der Waals surface area (Å²) in [5, 5.41) is 4.29. The van der Waals surface area contributed by atoms with Crippen LogP contribution in [-0.4, -0.2) is 42.4 Å². The lowest BCUT2D eigenvalue weighted by molar-refractivity contribution is -0.142. The summed E-state index contributed by atoms with van der Waals surface area (Å²) in [5.41, 5.74) is 6.45. The van der Waals surface area contributed by atoms with Crippen molar-refractivity contribution in [1.82, 2.24) is 9.88 Å². The zero-order chi connectivity index (χ0) is 31.1. The molecule has 0 aliphatic rings. The summed E-state index contributed by atoms with van der Waals surface area (Å²) in [7, 11) is 0. The Morgan fingerprint density at radius 3 is 2.12 bits per heavy atom. The van der Waals surface area contributed by atoms with Gasteiger partial charge in [0.2, 0.25) is 0 Å². The maximum atomic E-state index is 13.6. The van der Waals surface area contributed by atoms with Crippen molar-refractivity contribution in [2.45, 2.75) is 73.0 Å². The first-order chi connectivity index (χ1) is 20.5. The summed E-state index contributed by atoms with van der Waals surface area (Å²) < 4.78 is 18.5. The standard InChI is InChI=1S/C36H44N2O5/c1-8-41-33(39)20-21-37-23-31-30-22-26(25-10-13-27(14-11-25)36(5,6)7)12-19-32(30)38(34(31)35(40)42-9-2)28-15-17-29(18-16-28)43-24(3)4/h10-19,22,24,37H,8-9,20-21,23H2,1-7H3. The number of ether oxygens (including phenoxy) is 3. The average molecular weight is 585 g/mol. The molecule has 3 aromatic carbocycles. The molecule has 228 valence electrons. The minimum atomic E-state index is -0.403. The van der Waals surface area contributed by atoms with Crippen LogP contribution < -0.4 is 10.1 Å². The third-order valence-corrected chi connectivity index (χ3v) is 7.20. The summed E-state index contributed by atoms with van der Waals surface area (Å²) in [6.45, 7) is 15.6. The number of aromatic nitrogens is 1. The van der Waals surface area contributed by atoms with E-state index in [9.17, 15) is 9.59 Å². The fraction of sp³-hybridized carbons (Fsp3) is 0.389. The highest BCUT2D eigenvalue weighted by Gasteiger charge is 2.25. The van der Waals surface area contributed by atoms with Gasteiger partial charge in [-0.15, -0.1) is 0 Å². The molecule has 4 rings (SSSR count). The molecule has 1 heterocycles. The third kappa shape index (κ3) is 7.65. The van der Waals surface area contributed by atoms with Crippen LogP contribution in [0.1, 0.15) is 76.5 Å². The molecule has 0 aliphatic heterocycles. The molecule has 43 heavy (non-hydrogen) atoms. The minimum Gasteiger partial charge on any atom is -0.491 e. The summed E-state index contributed by atoms with van der Waals surface area (Å²) >= 11 is 0. The number of nitrogens with zero attached hydrogens (tertiary/aromatic N) is 1. The summed E-state index contributed by atoms with van der Waals surface area (Å²) in [6, 6.07) is 22.7. The second kappa shape index (κ2) is 13.9. The molecule has 0 saturated heterocycles. The number of hydrogen-bond acceptors (Lipinski definition) is 6. The highest BCUT2D eigenvalue weighted by Crippen LogP contribution is 2.35. The van der Waals surface area contributed by atoms with Gasteiger partial charge in [0.25, 0.3) is 0 Å². The number of carbonyl (C=O) groups is 2. The van der Waals surface area contributed by atoms with E-state index in [4.69, 9.17) is 14.2 Å². The lowest BCUT2D eigenvalue weighted by Crippen LogP contribution is -2.21. The van der Waals surface area contributed by atoms with Crippen molar-refractivity contribution in [1.29, 1.82) is 0 Å². The smallest absolute Gasteiger partial charge is 0.355 e. The van der Waals surface area contributed by atoms with E-state index >= 15 is 0 Å². The maximum absolute atomic E-state index is 13.6. The van der Waals surface area contributed by atoms with Gasteiger partial charge in [-0.2, -0.15) is 0 Å². The van der Waals surface area contributed by atoms with E-state index in [1.165, 1.54) is 5.56 Å². The number of benzene rings is 3. The van der Waals surface area contributed by atoms with Crippen LogP contribution in [0.2, 0.25) is 0 Å². The van der Waals surface area contributed by atoms with Gasteiger partial charge in [0.15, 0.2) is 0 Å². The van der Waals surface area contributed by atoms with Gasteiger partial charge >= 0.3 is 11.9 Å². The van der Waals surface area contributed by atoms with Gasteiger partial charge in [0.1, 0.15) is 11.4 Å². The lowest BCUT2D eigenvalue weighted by atomic mass is 9.86. The number of esters is 2. The number of hydrogen-bond donors (Lipinski definition) is 1. The SMILES string of the molecule is CCOC(=O)CCNCc1c(C(=O)OCC)n(-c2ccc(OC(C)C)cc2)c2ccc(-c3ccc(C(C)(C)C)cc3)cc12. The zero-order valence-electron chi connectivity index (χ0n) is 26.5. The topological polar surface area (TPSA) is 78.8 Å². The molecule has 0 bridgehead atoms. The minimum absolute atomic E-state index is 0.0523. The zero-order valence-corrected chi connectivity index (χ0v) is 26.5. The molecule has 1 aromatic heterocycles. The average Bonchev–Trinajstić information content (AvgIpc) is 3.29. The van der Waals surface area contributed by atoms with E-state index in [0.717, 1.165) is 39.0 Å². The first-order valence-corrected chi connectivity index (χ1v) is 15.1. The van der Waals surface area contributed by atoms with E-state index in [-0.39, 0.29) is 30.5 Å². The highest BCUT2D eigenvalue weighted by molar-refractivity contribution is 6.01. The molecule has 1 N–H and O–H groups in total. The van der Waals surface area contributed by atoms with Crippen molar-refractivity contribution in [2.24, 2.45) is 0 Å². The Bertz CT molecular complexity index is 1540. The molecule has 0 fully saturated rings. The third-order valence-electron chi connectivity index (χ3n) is 7.20. The second-order valence-electron chi connectivity index (χ2n) is 11.8. The Morgan fingerprint density at radius 2 is 1.51 bits per heavy atom. The molecule has 7 nitrogen and oxygen atoms in total. The van der Waals surface area contributed by atoms with E-state index in [2.05, 4.69) is 68.6 Å².